The molecular formula is C11H17BrClN3. The van der Waals surface area contributed by atoms with E-state index in [9.17, 15) is 0 Å². The first-order valence-corrected chi connectivity index (χ1v) is 6.15. The quantitative estimate of drug-likeness (QED) is 0.912. The average molecular weight is 307 g/mol. The van der Waals surface area contributed by atoms with Crippen molar-refractivity contribution < 1.29 is 0 Å². The van der Waals surface area contributed by atoms with E-state index in [4.69, 9.17) is 5.73 Å². The van der Waals surface area contributed by atoms with Crippen LogP contribution in [-0.4, -0.2) is 24.6 Å². The molecule has 1 fully saturated rings. The monoisotopic (exact) mass is 305 g/mol. The molecule has 1 unspecified atom stereocenters. The van der Waals surface area contributed by atoms with Crippen LogP contribution in [0.5, 0.6) is 0 Å². The third-order valence-electron chi connectivity index (χ3n) is 2.89. The summed E-state index contributed by atoms with van der Waals surface area (Å²) in [5.74, 6) is 1.69. The van der Waals surface area contributed by atoms with Crippen molar-refractivity contribution in [2.75, 3.05) is 24.5 Å². The molecule has 0 spiro atoms. The third kappa shape index (κ3) is 3.34. The van der Waals surface area contributed by atoms with Crippen LogP contribution in [0.3, 0.4) is 0 Å². The van der Waals surface area contributed by atoms with Gasteiger partial charge in [-0.1, -0.05) is 0 Å². The maximum atomic E-state index is 5.71. The number of anilines is 1. The Morgan fingerprint density at radius 2 is 2.31 bits per heavy atom. The zero-order chi connectivity index (χ0) is 10.7. The van der Waals surface area contributed by atoms with Crippen LogP contribution in [0, 0.1) is 5.92 Å². The lowest BCUT2D eigenvalue weighted by Crippen LogP contribution is -2.38. The van der Waals surface area contributed by atoms with Crippen LogP contribution in [0.4, 0.5) is 5.82 Å². The van der Waals surface area contributed by atoms with Crippen LogP contribution in [0.15, 0.2) is 22.8 Å². The first-order chi connectivity index (χ1) is 7.29. The summed E-state index contributed by atoms with van der Waals surface area (Å²) in [7, 11) is 0. The summed E-state index contributed by atoms with van der Waals surface area (Å²) in [4.78, 5) is 6.74. The van der Waals surface area contributed by atoms with E-state index < -0.39 is 0 Å². The molecule has 1 aliphatic heterocycles. The summed E-state index contributed by atoms with van der Waals surface area (Å²) < 4.78 is 1.03. The van der Waals surface area contributed by atoms with Crippen LogP contribution in [0.25, 0.3) is 0 Å². The number of piperidine rings is 1. The van der Waals surface area contributed by atoms with Crippen molar-refractivity contribution in [3.63, 3.8) is 0 Å². The maximum Gasteiger partial charge on any atom is 0.128 e. The molecule has 0 aliphatic carbocycles. The summed E-state index contributed by atoms with van der Waals surface area (Å²) in [6, 6.07) is 4.09. The minimum Gasteiger partial charge on any atom is -0.356 e. The fraction of sp³-hybridized carbons (Fsp3) is 0.545. The minimum atomic E-state index is 0. The zero-order valence-corrected chi connectivity index (χ0v) is 11.5. The van der Waals surface area contributed by atoms with Gasteiger partial charge in [0.05, 0.1) is 0 Å². The van der Waals surface area contributed by atoms with Gasteiger partial charge < -0.3 is 10.6 Å². The van der Waals surface area contributed by atoms with E-state index >= 15 is 0 Å². The number of nitrogens with two attached hydrogens (primary N) is 1. The van der Waals surface area contributed by atoms with E-state index in [0.717, 1.165) is 29.9 Å². The first kappa shape index (κ1) is 13.7. The summed E-state index contributed by atoms with van der Waals surface area (Å²) in [6.07, 6.45) is 4.32. The highest BCUT2D eigenvalue weighted by molar-refractivity contribution is 9.10. The molecule has 0 bridgehead atoms. The highest BCUT2D eigenvalue weighted by Crippen LogP contribution is 2.21. The molecule has 2 rings (SSSR count). The molecule has 90 valence electrons. The fourth-order valence-electron chi connectivity index (χ4n) is 2.02. The molecule has 2 heterocycles. The Balaban J connectivity index is 0.00000128. The molecule has 1 saturated heterocycles. The van der Waals surface area contributed by atoms with Gasteiger partial charge in [0, 0.05) is 23.8 Å². The lowest BCUT2D eigenvalue weighted by atomic mass is 9.98. The number of hydrogen-bond acceptors (Lipinski definition) is 3. The van der Waals surface area contributed by atoms with Gasteiger partial charge >= 0.3 is 0 Å². The maximum absolute atomic E-state index is 5.71. The van der Waals surface area contributed by atoms with E-state index in [1.54, 1.807) is 0 Å². The van der Waals surface area contributed by atoms with E-state index in [-0.39, 0.29) is 12.4 Å². The normalized spacial score (nSPS) is 20.4. The second kappa shape index (κ2) is 6.42. The van der Waals surface area contributed by atoms with E-state index in [1.165, 1.54) is 12.8 Å². The number of nitrogens with zero attached hydrogens (tertiary/aromatic N) is 2. The summed E-state index contributed by atoms with van der Waals surface area (Å²) in [5, 5.41) is 0. The van der Waals surface area contributed by atoms with Gasteiger partial charge in [-0.3, -0.25) is 0 Å². The summed E-state index contributed by atoms with van der Waals surface area (Å²) >= 11 is 3.39. The predicted molar refractivity (Wildman–Crippen MR) is 73.2 cm³/mol. The van der Waals surface area contributed by atoms with Gasteiger partial charge in [0.25, 0.3) is 0 Å². The Kier molecular flexibility index (Phi) is 5.52. The molecule has 0 radical (unpaired) electrons. The molecular weight excluding hydrogens is 289 g/mol. The van der Waals surface area contributed by atoms with Crippen LogP contribution in [-0.2, 0) is 0 Å². The van der Waals surface area contributed by atoms with Crippen molar-refractivity contribution in [2.45, 2.75) is 12.8 Å². The van der Waals surface area contributed by atoms with Crippen LogP contribution in [0.1, 0.15) is 12.8 Å². The van der Waals surface area contributed by atoms with E-state index in [2.05, 4.69) is 31.9 Å². The predicted octanol–water partition coefficient (Wildman–Crippen LogP) is 2.44. The molecule has 16 heavy (non-hydrogen) atoms. The summed E-state index contributed by atoms with van der Waals surface area (Å²) in [6.45, 7) is 2.93. The minimum absolute atomic E-state index is 0. The first-order valence-electron chi connectivity index (χ1n) is 5.36. The van der Waals surface area contributed by atoms with Crippen molar-refractivity contribution in [1.82, 2.24) is 4.98 Å². The van der Waals surface area contributed by atoms with Gasteiger partial charge in [-0.05, 0) is 53.4 Å². The smallest absolute Gasteiger partial charge is 0.128 e. The zero-order valence-electron chi connectivity index (χ0n) is 9.10. The Hall–Kier alpha value is -0.320. The SMILES string of the molecule is Cl.NCC1CCCN(c2ccc(Br)cn2)C1. The molecule has 1 aliphatic rings. The molecule has 0 saturated carbocycles. The molecule has 5 heteroatoms. The van der Waals surface area contributed by atoms with Crippen LogP contribution < -0.4 is 10.6 Å². The van der Waals surface area contributed by atoms with Crippen molar-refractivity contribution in [3.05, 3.63) is 22.8 Å². The van der Waals surface area contributed by atoms with Crippen molar-refractivity contribution in [1.29, 1.82) is 0 Å². The average Bonchev–Trinajstić information content (AvgIpc) is 2.30. The lowest BCUT2D eigenvalue weighted by molar-refractivity contribution is 0.421. The Morgan fingerprint density at radius 3 is 2.94 bits per heavy atom. The largest absolute Gasteiger partial charge is 0.356 e. The van der Waals surface area contributed by atoms with Crippen molar-refractivity contribution >= 4 is 34.2 Å². The van der Waals surface area contributed by atoms with Gasteiger partial charge in [0.15, 0.2) is 0 Å². The van der Waals surface area contributed by atoms with Crippen LogP contribution >= 0.6 is 28.3 Å². The Morgan fingerprint density at radius 1 is 1.50 bits per heavy atom. The van der Waals surface area contributed by atoms with Crippen molar-refractivity contribution in [3.8, 4) is 0 Å². The topological polar surface area (TPSA) is 42.1 Å². The molecule has 1 atom stereocenters. The number of aromatic nitrogens is 1. The molecule has 0 aromatic carbocycles. The lowest BCUT2D eigenvalue weighted by Gasteiger charge is -2.32. The van der Waals surface area contributed by atoms with Gasteiger partial charge in [-0.15, -0.1) is 12.4 Å². The van der Waals surface area contributed by atoms with Crippen LogP contribution in [0.2, 0.25) is 0 Å². The number of rotatable bonds is 2. The van der Waals surface area contributed by atoms with E-state index in [0.29, 0.717) is 5.92 Å². The highest BCUT2D eigenvalue weighted by Gasteiger charge is 2.19. The number of hydrogen-bond donors (Lipinski definition) is 1. The summed E-state index contributed by atoms with van der Waals surface area (Å²) in [5.41, 5.74) is 5.71. The number of pyridine rings is 1. The standard InChI is InChI=1S/C11H16BrN3.ClH/c12-10-3-4-11(14-7-10)15-5-1-2-9(6-13)8-15;/h3-4,7,9H,1-2,5-6,8,13H2;1H. The molecule has 2 N–H and O–H groups in total. The fourth-order valence-corrected chi connectivity index (χ4v) is 2.26. The number of halogens is 2. The Bertz CT molecular complexity index is 318. The van der Waals surface area contributed by atoms with Gasteiger partial charge in [0.1, 0.15) is 5.82 Å². The molecule has 1 aromatic rings. The second-order valence-corrected chi connectivity index (χ2v) is 4.94. The third-order valence-corrected chi connectivity index (χ3v) is 3.36. The van der Waals surface area contributed by atoms with Crippen molar-refractivity contribution in [2.24, 2.45) is 11.7 Å². The molecule has 3 nitrogen and oxygen atoms in total. The second-order valence-electron chi connectivity index (χ2n) is 4.02. The Labute approximate surface area is 111 Å². The highest BCUT2D eigenvalue weighted by atomic mass is 79.9. The molecule has 1 aromatic heterocycles. The molecule has 0 amide bonds. The van der Waals surface area contributed by atoms with E-state index in [1.807, 2.05) is 12.3 Å². The van der Waals surface area contributed by atoms with Gasteiger partial charge in [0.2, 0.25) is 0 Å². The van der Waals surface area contributed by atoms with Gasteiger partial charge in [-0.25, -0.2) is 4.98 Å². The van der Waals surface area contributed by atoms with Gasteiger partial charge in [-0.2, -0.15) is 0 Å².